The molecule has 0 aromatic rings. The average molecular weight is 182 g/mol. The number of hydrogen-bond donors (Lipinski definition) is 2. The zero-order chi connectivity index (χ0) is 9.64. The lowest BCUT2D eigenvalue weighted by atomic mass is 10.0. The highest BCUT2D eigenvalue weighted by atomic mass is 16.2. The van der Waals surface area contributed by atoms with Crippen molar-refractivity contribution in [3.8, 4) is 0 Å². The second kappa shape index (κ2) is 2.71. The highest BCUT2D eigenvalue weighted by molar-refractivity contribution is 5.85. The van der Waals surface area contributed by atoms with E-state index in [1.54, 1.807) is 13.8 Å². The van der Waals surface area contributed by atoms with Crippen LogP contribution >= 0.6 is 0 Å². The quantitative estimate of drug-likeness (QED) is 0.658. The van der Waals surface area contributed by atoms with Gasteiger partial charge in [-0.1, -0.05) is 0 Å². The van der Waals surface area contributed by atoms with Crippen LogP contribution < -0.4 is 11.1 Å². The van der Waals surface area contributed by atoms with Crippen LogP contribution in [-0.4, -0.2) is 17.5 Å². The first-order valence-electron chi connectivity index (χ1n) is 5.06. The van der Waals surface area contributed by atoms with Gasteiger partial charge < -0.3 is 11.1 Å². The Bertz CT molecular complexity index is 222. The molecule has 74 valence electrons. The predicted octanol–water partition coefficient (Wildman–Crippen LogP) is 0.638. The van der Waals surface area contributed by atoms with E-state index in [2.05, 4.69) is 5.32 Å². The molecule has 2 fully saturated rings. The average Bonchev–Trinajstić information content (AvgIpc) is 2.57. The van der Waals surface area contributed by atoms with E-state index in [0.29, 0.717) is 6.04 Å². The molecule has 1 amide bonds. The molecule has 2 aliphatic carbocycles. The van der Waals surface area contributed by atoms with Crippen molar-refractivity contribution in [2.45, 2.75) is 44.7 Å². The van der Waals surface area contributed by atoms with Gasteiger partial charge in [-0.05, 0) is 44.9 Å². The highest BCUT2D eigenvalue weighted by Crippen LogP contribution is 2.51. The smallest absolute Gasteiger partial charge is 0.239 e. The minimum Gasteiger partial charge on any atom is -0.352 e. The van der Waals surface area contributed by atoms with Crippen LogP contribution in [0.25, 0.3) is 0 Å². The first-order valence-corrected chi connectivity index (χ1v) is 5.06. The predicted molar refractivity (Wildman–Crippen MR) is 51.0 cm³/mol. The van der Waals surface area contributed by atoms with E-state index in [-0.39, 0.29) is 5.91 Å². The number of hydrogen-bond acceptors (Lipinski definition) is 2. The Morgan fingerprint density at radius 1 is 1.31 bits per heavy atom. The van der Waals surface area contributed by atoms with Crippen molar-refractivity contribution in [3.63, 3.8) is 0 Å². The molecule has 13 heavy (non-hydrogen) atoms. The van der Waals surface area contributed by atoms with Crippen LogP contribution in [0.2, 0.25) is 0 Å². The van der Waals surface area contributed by atoms with E-state index in [9.17, 15) is 4.79 Å². The van der Waals surface area contributed by atoms with Crippen molar-refractivity contribution in [3.05, 3.63) is 0 Å². The van der Waals surface area contributed by atoms with Gasteiger partial charge >= 0.3 is 0 Å². The largest absolute Gasteiger partial charge is 0.352 e. The first kappa shape index (κ1) is 9.00. The SMILES string of the molecule is CC(C)(N)C(=O)NC1CC2CC2C1. The summed E-state index contributed by atoms with van der Waals surface area (Å²) in [7, 11) is 0. The lowest BCUT2D eigenvalue weighted by molar-refractivity contribution is -0.125. The van der Waals surface area contributed by atoms with Gasteiger partial charge in [0, 0.05) is 6.04 Å². The lowest BCUT2D eigenvalue weighted by Crippen LogP contribution is -2.51. The molecule has 2 unspecified atom stereocenters. The molecule has 0 bridgehead atoms. The number of carbonyl (C=O) groups is 1. The van der Waals surface area contributed by atoms with Crippen LogP contribution in [0.4, 0.5) is 0 Å². The van der Waals surface area contributed by atoms with Gasteiger partial charge in [0.2, 0.25) is 5.91 Å². The molecule has 0 aromatic heterocycles. The summed E-state index contributed by atoms with van der Waals surface area (Å²) in [6.07, 6.45) is 3.73. The van der Waals surface area contributed by atoms with E-state index in [0.717, 1.165) is 11.8 Å². The van der Waals surface area contributed by atoms with Crippen molar-refractivity contribution in [1.82, 2.24) is 5.32 Å². The van der Waals surface area contributed by atoms with Crippen LogP contribution in [0.5, 0.6) is 0 Å². The summed E-state index contributed by atoms with van der Waals surface area (Å²) in [6.45, 7) is 3.50. The molecule has 2 atom stereocenters. The minimum atomic E-state index is -0.729. The molecule has 3 nitrogen and oxygen atoms in total. The Hall–Kier alpha value is -0.570. The molecular weight excluding hydrogens is 164 g/mol. The normalized spacial score (nSPS) is 37.0. The maximum Gasteiger partial charge on any atom is 0.239 e. The fourth-order valence-corrected chi connectivity index (χ4v) is 2.20. The highest BCUT2D eigenvalue weighted by Gasteiger charge is 2.46. The van der Waals surface area contributed by atoms with Crippen LogP contribution in [0.1, 0.15) is 33.1 Å². The third kappa shape index (κ3) is 1.85. The van der Waals surface area contributed by atoms with Gasteiger partial charge in [-0.25, -0.2) is 0 Å². The molecule has 0 saturated heterocycles. The van der Waals surface area contributed by atoms with Gasteiger partial charge in [0.25, 0.3) is 0 Å². The maximum atomic E-state index is 11.5. The van der Waals surface area contributed by atoms with Crippen molar-refractivity contribution in [2.24, 2.45) is 17.6 Å². The third-order valence-corrected chi connectivity index (χ3v) is 3.16. The van der Waals surface area contributed by atoms with Crippen LogP contribution in [0.3, 0.4) is 0 Å². The summed E-state index contributed by atoms with van der Waals surface area (Å²) < 4.78 is 0. The number of carbonyl (C=O) groups excluding carboxylic acids is 1. The maximum absolute atomic E-state index is 11.5. The second-order valence-electron chi connectivity index (χ2n) is 5.12. The molecule has 0 heterocycles. The number of nitrogens with one attached hydrogen (secondary N) is 1. The number of nitrogens with two attached hydrogens (primary N) is 1. The van der Waals surface area contributed by atoms with Crippen molar-refractivity contribution >= 4 is 5.91 Å². The molecule has 2 aliphatic rings. The molecule has 2 saturated carbocycles. The van der Waals surface area contributed by atoms with Gasteiger partial charge in [0.15, 0.2) is 0 Å². The summed E-state index contributed by atoms with van der Waals surface area (Å²) in [5.41, 5.74) is 4.96. The summed E-state index contributed by atoms with van der Waals surface area (Å²) in [5, 5.41) is 3.02. The van der Waals surface area contributed by atoms with Gasteiger partial charge in [-0.3, -0.25) is 4.79 Å². The fraction of sp³-hybridized carbons (Fsp3) is 0.900. The fourth-order valence-electron chi connectivity index (χ4n) is 2.20. The van der Waals surface area contributed by atoms with E-state index >= 15 is 0 Å². The zero-order valence-corrected chi connectivity index (χ0v) is 8.34. The monoisotopic (exact) mass is 182 g/mol. The second-order valence-corrected chi connectivity index (χ2v) is 5.12. The molecule has 3 N–H and O–H groups in total. The van der Waals surface area contributed by atoms with Gasteiger partial charge in [0.1, 0.15) is 0 Å². The van der Waals surface area contributed by atoms with E-state index in [1.807, 2.05) is 0 Å². The lowest BCUT2D eigenvalue weighted by Gasteiger charge is -2.22. The number of rotatable bonds is 2. The van der Waals surface area contributed by atoms with E-state index in [4.69, 9.17) is 5.73 Å². The third-order valence-electron chi connectivity index (χ3n) is 3.16. The van der Waals surface area contributed by atoms with E-state index in [1.165, 1.54) is 19.3 Å². The minimum absolute atomic E-state index is 0.0150. The van der Waals surface area contributed by atoms with E-state index < -0.39 is 5.54 Å². The molecule has 2 rings (SSSR count). The van der Waals surface area contributed by atoms with Gasteiger partial charge in [-0.15, -0.1) is 0 Å². The van der Waals surface area contributed by atoms with Crippen LogP contribution in [0, 0.1) is 11.8 Å². The molecule has 3 heteroatoms. The van der Waals surface area contributed by atoms with Crippen molar-refractivity contribution in [2.75, 3.05) is 0 Å². The first-order chi connectivity index (χ1) is 5.97. The Morgan fingerprint density at radius 2 is 1.85 bits per heavy atom. The van der Waals surface area contributed by atoms with Gasteiger partial charge in [0.05, 0.1) is 5.54 Å². The molecule has 0 spiro atoms. The van der Waals surface area contributed by atoms with Crippen LogP contribution in [-0.2, 0) is 4.79 Å². The Kier molecular flexibility index (Phi) is 1.88. The summed E-state index contributed by atoms with van der Waals surface area (Å²) in [5.74, 6) is 1.80. The van der Waals surface area contributed by atoms with Crippen molar-refractivity contribution in [1.29, 1.82) is 0 Å². The Labute approximate surface area is 79.1 Å². The molecule has 0 aromatic carbocycles. The Morgan fingerprint density at radius 3 is 2.31 bits per heavy atom. The number of fused-ring (bicyclic) bond motifs is 1. The topological polar surface area (TPSA) is 55.1 Å². The molecule has 0 radical (unpaired) electrons. The molecule has 0 aliphatic heterocycles. The standard InChI is InChI=1S/C10H18N2O/c1-10(2,11)9(13)12-8-4-6-3-7(6)5-8/h6-8H,3-5,11H2,1-2H3,(H,12,13). The summed E-state index contributed by atoms with van der Waals surface area (Å²) >= 11 is 0. The zero-order valence-electron chi connectivity index (χ0n) is 8.34. The Balaban J connectivity index is 1.81. The van der Waals surface area contributed by atoms with Gasteiger partial charge in [-0.2, -0.15) is 0 Å². The molecular formula is C10H18N2O. The van der Waals surface area contributed by atoms with Crippen LogP contribution in [0.15, 0.2) is 0 Å². The summed E-state index contributed by atoms with van der Waals surface area (Å²) in [6, 6.07) is 0.402. The number of amides is 1. The van der Waals surface area contributed by atoms with Crippen molar-refractivity contribution < 1.29 is 4.79 Å². The summed E-state index contributed by atoms with van der Waals surface area (Å²) in [4.78, 5) is 11.5.